The predicted molar refractivity (Wildman–Crippen MR) is 62.9 cm³/mol. The summed E-state index contributed by atoms with van der Waals surface area (Å²) in [7, 11) is 0. The summed E-state index contributed by atoms with van der Waals surface area (Å²) in [6.07, 6.45) is 0. The Morgan fingerprint density at radius 3 is 2.25 bits per heavy atom. The molecule has 0 saturated carbocycles. The van der Waals surface area contributed by atoms with Gasteiger partial charge < -0.3 is 5.32 Å². The van der Waals surface area contributed by atoms with Crippen molar-refractivity contribution in [1.29, 1.82) is 0 Å². The summed E-state index contributed by atoms with van der Waals surface area (Å²) in [6.45, 7) is 5.58. The van der Waals surface area contributed by atoms with Gasteiger partial charge in [-0.05, 0) is 26.3 Å². The lowest BCUT2D eigenvalue weighted by Gasteiger charge is -2.22. The summed E-state index contributed by atoms with van der Waals surface area (Å²) in [5, 5.41) is 5.62. The topological polar surface area (TPSA) is 58.5 Å². The maximum atomic E-state index is 11.8. The first-order valence-corrected chi connectivity index (χ1v) is 5.13. The molecule has 0 radical (unpaired) electrons. The minimum atomic E-state index is -0.972. The maximum Gasteiger partial charge on any atom is 0.253 e. The van der Waals surface area contributed by atoms with Crippen LogP contribution in [-0.4, -0.2) is 11.4 Å². The zero-order valence-electron chi connectivity index (χ0n) is 9.73. The van der Waals surface area contributed by atoms with Crippen LogP contribution in [0.3, 0.4) is 0 Å². The van der Waals surface area contributed by atoms with Crippen LogP contribution >= 0.6 is 0 Å². The van der Waals surface area contributed by atoms with Crippen molar-refractivity contribution in [1.82, 2.24) is 5.32 Å². The number of amides is 1. The smallest absolute Gasteiger partial charge is 0.253 e. The number of hydrogen-bond donors (Lipinski definition) is 1. The monoisotopic (exact) mass is 220 g/mol. The van der Waals surface area contributed by atoms with Gasteiger partial charge in [0.25, 0.3) is 5.91 Å². The summed E-state index contributed by atoms with van der Waals surface area (Å²) in [5.41, 5.74) is 0.244. The molecule has 0 saturated heterocycles. The second-order valence-electron chi connectivity index (χ2n) is 4.66. The fraction of sp³-hybridized carbons (Fsp3) is 0.417. The van der Waals surface area contributed by atoms with Gasteiger partial charge in [0.15, 0.2) is 6.04 Å². The number of carbonyl (C=O) groups is 1. The Kier molecular flexibility index (Phi) is 3.77. The van der Waals surface area contributed by atoms with Gasteiger partial charge in [-0.15, -0.1) is 4.91 Å². The minimum Gasteiger partial charge on any atom is -0.349 e. The van der Waals surface area contributed by atoms with Gasteiger partial charge >= 0.3 is 0 Å². The van der Waals surface area contributed by atoms with Gasteiger partial charge in [0.05, 0.1) is 0 Å². The third-order valence-electron chi connectivity index (χ3n) is 1.97. The number of benzene rings is 1. The number of nitrogens with zero attached hydrogens (tertiary/aromatic N) is 1. The molecule has 0 aliphatic heterocycles. The molecule has 1 aromatic rings. The molecule has 0 bridgehead atoms. The van der Waals surface area contributed by atoms with Crippen LogP contribution in [0, 0.1) is 4.91 Å². The van der Waals surface area contributed by atoms with Gasteiger partial charge in [0, 0.05) is 5.54 Å². The number of carbonyl (C=O) groups excluding carboxylic acids is 1. The van der Waals surface area contributed by atoms with Gasteiger partial charge in [-0.2, -0.15) is 0 Å². The lowest BCUT2D eigenvalue weighted by Crippen LogP contribution is -2.42. The van der Waals surface area contributed by atoms with Gasteiger partial charge in [-0.25, -0.2) is 0 Å². The molecule has 0 aliphatic rings. The molecular formula is C12H16N2O2. The van der Waals surface area contributed by atoms with Crippen LogP contribution in [0.1, 0.15) is 32.4 Å². The molecule has 4 heteroatoms. The van der Waals surface area contributed by atoms with E-state index >= 15 is 0 Å². The highest BCUT2D eigenvalue weighted by Gasteiger charge is 2.24. The second kappa shape index (κ2) is 4.88. The van der Waals surface area contributed by atoms with Crippen molar-refractivity contribution < 1.29 is 4.79 Å². The van der Waals surface area contributed by atoms with E-state index in [4.69, 9.17) is 0 Å². The standard InChI is InChI=1S/C12H16N2O2/c1-12(2,3)13-11(15)10(14-16)9-7-5-4-6-8-9/h4-8,10H,1-3H3,(H,13,15). The summed E-state index contributed by atoms with van der Waals surface area (Å²) in [5.74, 6) is -0.367. The Morgan fingerprint density at radius 1 is 1.25 bits per heavy atom. The molecule has 1 aromatic carbocycles. The highest BCUT2D eigenvalue weighted by atomic mass is 16.3. The minimum absolute atomic E-state index is 0.366. The number of nitrogens with one attached hydrogen (secondary N) is 1. The Balaban J connectivity index is 2.84. The van der Waals surface area contributed by atoms with Crippen molar-refractivity contribution in [2.75, 3.05) is 0 Å². The first-order valence-electron chi connectivity index (χ1n) is 5.13. The number of nitroso groups, excluding NO2 is 1. The van der Waals surface area contributed by atoms with E-state index in [0.717, 1.165) is 0 Å². The molecule has 1 N–H and O–H groups in total. The second-order valence-corrected chi connectivity index (χ2v) is 4.66. The third-order valence-corrected chi connectivity index (χ3v) is 1.97. The van der Waals surface area contributed by atoms with Crippen LogP contribution in [0.15, 0.2) is 35.5 Å². The van der Waals surface area contributed by atoms with Crippen molar-refractivity contribution in [2.24, 2.45) is 5.18 Å². The van der Waals surface area contributed by atoms with Crippen molar-refractivity contribution >= 4 is 5.91 Å². The van der Waals surface area contributed by atoms with Crippen molar-refractivity contribution in [3.8, 4) is 0 Å². The average molecular weight is 220 g/mol. The molecular weight excluding hydrogens is 204 g/mol. The van der Waals surface area contributed by atoms with Gasteiger partial charge in [0.1, 0.15) is 0 Å². The molecule has 0 aliphatic carbocycles. The van der Waals surface area contributed by atoms with Crippen LogP contribution in [0.5, 0.6) is 0 Å². The van der Waals surface area contributed by atoms with Crippen LogP contribution in [-0.2, 0) is 4.79 Å². The van der Waals surface area contributed by atoms with E-state index in [-0.39, 0.29) is 11.4 Å². The summed E-state index contributed by atoms with van der Waals surface area (Å²) >= 11 is 0. The largest absolute Gasteiger partial charge is 0.349 e. The van der Waals surface area contributed by atoms with E-state index in [1.165, 1.54) is 0 Å². The van der Waals surface area contributed by atoms with Crippen LogP contribution in [0.2, 0.25) is 0 Å². The highest BCUT2D eigenvalue weighted by Crippen LogP contribution is 2.17. The number of rotatable bonds is 3. The molecule has 1 atom stereocenters. The van der Waals surface area contributed by atoms with E-state index in [9.17, 15) is 9.70 Å². The van der Waals surface area contributed by atoms with Crippen LogP contribution in [0.25, 0.3) is 0 Å². The first-order chi connectivity index (χ1) is 7.44. The Bertz CT molecular complexity index is 368. The highest BCUT2D eigenvalue weighted by molar-refractivity contribution is 5.83. The molecule has 86 valence electrons. The zero-order chi connectivity index (χ0) is 12.2. The molecule has 0 aromatic heterocycles. The van der Waals surface area contributed by atoms with E-state index in [1.54, 1.807) is 24.3 Å². The van der Waals surface area contributed by atoms with E-state index in [1.807, 2.05) is 26.8 Å². The fourth-order valence-electron chi connectivity index (χ4n) is 1.33. The molecule has 16 heavy (non-hydrogen) atoms. The normalized spacial score (nSPS) is 12.9. The zero-order valence-corrected chi connectivity index (χ0v) is 9.73. The lowest BCUT2D eigenvalue weighted by atomic mass is 10.0. The molecule has 1 amide bonds. The average Bonchev–Trinajstić information content (AvgIpc) is 2.17. The molecule has 1 rings (SSSR count). The van der Waals surface area contributed by atoms with Gasteiger partial charge in [-0.3, -0.25) is 4.79 Å². The molecule has 4 nitrogen and oxygen atoms in total. The SMILES string of the molecule is CC(C)(C)NC(=O)C(N=O)c1ccccc1. The summed E-state index contributed by atoms with van der Waals surface area (Å²) in [6, 6.07) is 7.84. The molecule has 0 heterocycles. The van der Waals surface area contributed by atoms with Gasteiger partial charge in [-0.1, -0.05) is 35.5 Å². The maximum absolute atomic E-state index is 11.8. The lowest BCUT2D eigenvalue weighted by molar-refractivity contribution is -0.123. The Hall–Kier alpha value is -1.71. The van der Waals surface area contributed by atoms with Crippen molar-refractivity contribution in [3.05, 3.63) is 40.8 Å². The first kappa shape index (κ1) is 12.4. The Morgan fingerprint density at radius 2 is 1.81 bits per heavy atom. The molecule has 1 unspecified atom stereocenters. The number of hydrogen-bond acceptors (Lipinski definition) is 3. The van der Waals surface area contributed by atoms with Crippen molar-refractivity contribution in [2.45, 2.75) is 32.4 Å². The van der Waals surface area contributed by atoms with E-state index < -0.39 is 6.04 Å². The quantitative estimate of drug-likeness (QED) is 0.795. The van der Waals surface area contributed by atoms with Crippen molar-refractivity contribution in [3.63, 3.8) is 0 Å². The van der Waals surface area contributed by atoms with Crippen LogP contribution in [0.4, 0.5) is 0 Å². The van der Waals surface area contributed by atoms with E-state index in [0.29, 0.717) is 5.56 Å². The predicted octanol–water partition coefficient (Wildman–Crippen LogP) is 2.41. The van der Waals surface area contributed by atoms with Crippen LogP contribution < -0.4 is 5.32 Å². The fourth-order valence-corrected chi connectivity index (χ4v) is 1.33. The summed E-state index contributed by atoms with van der Waals surface area (Å²) < 4.78 is 0. The third kappa shape index (κ3) is 3.46. The summed E-state index contributed by atoms with van der Waals surface area (Å²) in [4.78, 5) is 22.5. The van der Waals surface area contributed by atoms with E-state index in [2.05, 4.69) is 10.5 Å². The van der Waals surface area contributed by atoms with Gasteiger partial charge in [0.2, 0.25) is 0 Å². The molecule has 0 fully saturated rings. The Labute approximate surface area is 95.0 Å². The molecule has 0 spiro atoms.